The molecule has 1 aromatic heterocycles. The Kier molecular flexibility index (Phi) is 4.22. The summed E-state index contributed by atoms with van der Waals surface area (Å²) in [5.74, 6) is 0.162. The summed E-state index contributed by atoms with van der Waals surface area (Å²) in [6, 6.07) is 2.39. The van der Waals surface area contributed by atoms with Gasteiger partial charge in [-0.05, 0) is 40.8 Å². The molecule has 0 spiro atoms. The van der Waals surface area contributed by atoms with Gasteiger partial charge in [0.1, 0.15) is 4.88 Å². The van der Waals surface area contributed by atoms with Crippen LogP contribution in [0.1, 0.15) is 23.5 Å². The smallest absolute Gasteiger partial charge is 0.265 e. The van der Waals surface area contributed by atoms with Crippen LogP contribution in [0.5, 0.6) is 0 Å². The molecule has 17 heavy (non-hydrogen) atoms. The third-order valence-electron chi connectivity index (χ3n) is 3.27. The minimum absolute atomic E-state index is 0.162. The molecule has 1 amide bonds. The number of hydrogen-bond donors (Lipinski definition) is 0. The van der Waals surface area contributed by atoms with E-state index in [4.69, 9.17) is 0 Å². The zero-order valence-electron chi connectivity index (χ0n) is 10.1. The fourth-order valence-corrected chi connectivity index (χ4v) is 3.75. The number of amides is 1. The summed E-state index contributed by atoms with van der Waals surface area (Å²) in [4.78, 5) is 17.5. The highest BCUT2D eigenvalue weighted by molar-refractivity contribution is 9.10. The molecular formula is C12H17BrN2OS. The molecule has 1 unspecified atom stereocenters. The van der Waals surface area contributed by atoms with Crippen molar-refractivity contribution in [1.82, 2.24) is 9.80 Å². The summed E-state index contributed by atoms with van der Waals surface area (Å²) in [6.07, 6.45) is 0. The highest BCUT2D eigenvalue weighted by Crippen LogP contribution is 2.25. The van der Waals surface area contributed by atoms with Gasteiger partial charge in [-0.2, -0.15) is 0 Å². The molecule has 0 saturated carbocycles. The van der Waals surface area contributed by atoms with Gasteiger partial charge in [0.25, 0.3) is 5.91 Å². The van der Waals surface area contributed by atoms with Crippen molar-refractivity contribution in [3.63, 3.8) is 0 Å². The zero-order chi connectivity index (χ0) is 12.4. The van der Waals surface area contributed by atoms with Crippen molar-refractivity contribution in [2.45, 2.75) is 19.9 Å². The minimum Gasteiger partial charge on any atom is -0.335 e. The fraction of sp³-hybridized carbons (Fsp3) is 0.583. The maximum atomic E-state index is 12.3. The number of carbonyl (C=O) groups is 1. The lowest BCUT2D eigenvalue weighted by Crippen LogP contribution is -2.53. The minimum atomic E-state index is 0.162. The first kappa shape index (κ1) is 13.1. The summed E-state index contributed by atoms with van der Waals surface area (Å²) in [7, 11) is 0. The van der Waals surface area contributed by atoms with E-state index in [1.807, 2.05) is 16.3 Å². The largest absolute Gasteiger partial charge is 0.335 e. The van der Waals surface area contributed by atoms with E-state index >= 15 is 0 Å². The van der Waals surface area contributed by atoms with Gasteiger partial charge < -0.3 is 4.90 Å². The molecule has 3 nitrogen and oxygen atoms in total. The molecule has 1 atom stereocenters. The third-order valence-corrected chi connectivity index (χ3v) is 5.10. The van der Waals surface area contributed by atoms with Crippen molar-refractivity contribution in [3.8, 4) is 0 Å². The second-order valence-corrected chi connectivity index (χ2v) is 6.10. The predicted molar refractivity (Wildman–Crippen MR) is 74.6 cm³/mol. The van der Waals surface area contributed by atoms with Crippen molar-refractivity contribution in [2.24, 2.45) is 0 Å². The Labute approximate surface area is 115 Å². The summed E-state index contributed by atoms with van der Waals surface area (Å²) in [5, 5.41) is 1.95. The second kappa shape index (κ2) is 5.50. The quantitative estimate of drug-likeness (QED) is 0.837. The number of rotatable bonds is 2. The van der Waals surface area contributed by atoms with E-state index in [0.29, 0.717) is 6.04 Å². The van der Waals surface area contributed by atoms with Gasteiger partial charge in [0.15, 0.2) is 0 Å². The van der Waals surface area contributed by atoms with Crippen LogP contribution in [-0.2, 0) is 0 Å². The van der Waals surface area contributed by atoms with Gasteiger partial charge in [0.2, 0.25) is 0 Å². The number of nitrogens with zero attached hydrogens (tertiary/aromatic N) is 2. The third kappa shape index (κ3) is 2.72. The van der Waals surface area contributed by atoms with E-state index in [-0.39, 0.29) is 5.91 Å². The number of thiophene rings is 1. The molecule has 0 bridgehead atoms. The SMILES string of the molecule is CCN1CCN(C(=O)c2sccc2Br)CC1C. The summed E-state index contributed by atoms with van der Waals surface area (Å²) < 4.78 is 0.915. The molecule has 1 fully saturated rings. The van der Waals surface area contributed by atoms with Crippen LogP contribution in [0.4, 0.5) is 0 Å². The van der Waals surface area contributed by atoms with Crippen LogP contribution in [-0.4, -0.2) is 47.9 Å². The molecule has 0 radical (unpaired) electrons. The van der Waals surface area contributed by atoms with Gasteiger partial charge in [-0.25, -0.2) is 0 Å². The van der Waals surface area contributed by atoms with Crippen LogP contribution in [0.15, 0.2) is 15.9 Å². The van der Waals surface area contributed by atoms with Gasteiger partial charge in [-0.1, -0.05) is 6.92 Å². The van der Waals surface area contributed by atoms with Gasteiger partial charge in [0.05, 0.1) is 0 Å². The van der Waals surface area contributed by atoms with Crippen molar-refractivity contribution < 1.29 is 4.79 Å². The number of piperazine rings is 1. The van der Waals surface area contributed by atoms with Gasteiger partial charge in [0, 0.05) is 30.1 Å². The molecule has 1 aliphatic heterocycles. The second-order valence-electron chi connectivity index (χ2n) is 4.33. The average molecular weight is 317 g/mol. The van der Waals surface area contributed by atoms with Crippen molar-refractivity contribution in [2.75, 3.05) is 26.2 Å². The van der Waals surface area contributed by atoms with Crippen molar-refractivity contribution >= 4 is 33.2 Å². The monoisotopic (exact) mass is 316 g/mol. The number of carbonyl (C=O) groups excluding carboxylic acids is 1. The van der Waals surface area contributed by atoms with E-state index in [1.54, 1.807) is 0 Å². The van der Waals surface area contributed by atoms with E-state index in [0.717, 1.165) is 35.5 Å². The van der Waals surface area contributed by atoms with Crippen LogP contribution in [0.2, 0.25) is 0 Å². The van der Waals surface area contributed by atoms with Crippen LogP contribution in [0.25, 0.3) is 0 Å². The lowest BCUT2D eigenvalue weighted by atomic mass is 10.2. The molecular weight excluding hydrogens is 300 g/mol. The molecule has 5 heteroatoms. The first-order valence-electron chi connectivity index (χ1n) is 5.89. The summed E-state index contributed by atoms with van der Waals surface area (Å²) in [6.45, 7) is 8.06. The number of halogens is 1. The molecule has 2 heterocycles. The molecule has 0 aromatic carbocycles. The van der Waals surface area contributed by atoms with Crippen LogP contribution in [0.3, 0.4) is 0 Å². The average Bonchev–Trinajstić information content (AvgIpc) is 2.74. The van der Waals surface area contributed by atoms with Gasteiger partial charge in [-0.3, -0.25) is 9.69 Å². The molecule has 2 rings (SSSR count). The van der Waals surface area contributed by atoms with Gasteiger partial charge in [-0.15, -0.1) is 11.3 Å². The van der Waals surface area contributed by atoms with Gasteiger partial charge >= 0.3 is 0 Å². The maximum absolute atomic E-state index is 12.3. The number of likely N-dealkylation sites (N-methyl/N-ethyl adjacent to an activating group) is 1. The van der Waals surface area contributed by atoms with E-state index in [2.05, 4.69) is 34.7 Å². The first-order valence-corrected chi connectivity index (χ1v) is 7.57. The Morgan fingerprint density at radius 2 is 2.35 bits per heavy atom. The lowest BCUT2D eigenvalue weighted by Gasteiger charge is -2.39. The fourth-order valence-electron chi connectivity index (χ4n) is 2.24. The molecule has 1 aliphatic rings. The molecule has 1 saturated heterocycles. The molecule has 94 valence electrons. The van der Waals surface area contributed by atoms with Crippen molar-refractivity contribution in [1.29, 1.82) is 0 Å². The molecule has 0 aliphatic carbocycles. The summed E-state index contributed by atoms with van der Waals surface area (Å²) in [5.41, 5.74) is 0. The van der Waals surface area contributed by atoms with E-state index < -0.39 is 0 Å². The van der Waals surface area contributed by atoms with Crippen LogP contribution >= 0.6 is 27.3 Å². The summed E-state index contributed by atoms with van der Waals surface area (Å²) >= 11 is 4.93. The zero-order valence-corrected chi connectivity index (χ0v) is 12.6. The Hall–Kier alpha value is -0.390. The number of hydrogen-bond acceptors (Lipinski definition) is 3. The topological polar surface area (TPSA) is 23.6 Å². The Bertz CT molecular complexity index is 407. The van der Waals surface area contributed by atoms with E-state index in [1.165, 1.54) is 11.3 Å². The Morgan fingerprint density at radius 1 is 1.59 bits per heavy atom. The normalized spacial score (nSPS) is 21.8. The molecule has 1 aromatic rings. The Morgan fingerprint density at radius 3 is 2.88 bits per heavy atom. The first-order chi connectivity index (χ1) is 8.13. The van der Waals surface area contributed by atoms with Crippen LogP contribution in [0, 0.1) is 0 Å². The molecule has 0 N–H and O–H groups in total. The van der Waals surface area contributed by atoms with Crippen LogP contribution < -0.4 is 0 Å². The maximum Gasteiger partial charge on any atom is 0.265 e. The standard InChI is InChI=1S/C12H17BrN2OS/c1-3-14-5-6-15(8-9(14)2)12(16)11-10(13)4-7-17-11/h4,7,9H,3,5-6,8H2,1-2H3. The highest BCUT2D eigenvalue weighted by Gasteiger charge is 2.27. The Balaban J connectivity index is 2.05. The van der Waals surface area contributed by atoms with E-state index in [9.17, 15) is 4.79 Å². The van der Waals surface area contributed by atoms with Crippen molar-refractivity contribution in [3.05, 3.63) is 20.8 Å². The highest BCUT2D eigenvalue weighted by atomic mass is 79.9. The predicted octanol–water partition coefficient (Wildman–Crippen LogP) is 2.68. The lowest BCUT2D eigenvalue weighted by molar-refractivity contribution is 0.0532.